The van der Waals surface area contributed by atoms with Crippen LogP contribution < -0.4 is 5.73 Å². The van der Waals surface area contributed by atoms with Crippen LogP contribution in [0.25, 0.3) is 0 Å². The molecule has 1 heterocycles. The second-order valence-electron chi connectivity index (χ2n) is 1.86. The number of aryl methyl sites for hydroxylation is 1. The molecule has 1 radical (unpaired) electrons. The van der Waals surface area contributed by atoms with Gasteiger partial charge in [-0.25, -0.2) is 4.98 Å². The minimum absolute atomic E-state index is 0.448. The van der Waals surface area contributed by atoms with Gasteiger partial charge in [-0.15, -0.1) is 11.3 Å². The van der Waals surface area contributed by atoms with E-state index < -0.39 is 0 Å². The largest absolute Gasteiger partial charge is 0.257 e. The molecule has 1 N–H and O–H groups in total. The Labute approximate surface area is 58.7 Å². The second kappa shape index (κ2) is 2.94. The maximum Gasteiger partial charge on any atom is 0.0897 e. The lowest BCUT2D eigenvalue weighted by Crippen LogP contribution is -1.91. The summed E-state index contributed by atoms with van der Waals surface area (Å²) in [5, 5.41) is 3.11. The standard InChI is InChI=1S/C6H9N2S/c1-5-8-6(2-3-7)4-9-5/h4,7H,2-3H2,1H3. The van der Waals surface area contributed by atoms with Crippen molar-refractivity contribution in [3.63, 3.8) is 0 Å². The van der Waals surface area contributed by atoms with Gasteiger partial charge in [0.15, 0.2) is 0 Å². The fourth-order valence-corrected chi connectivity index (χ4v) is 1.30. The van der Waals surface area contributed by atoms with E-state index in [4.69, 9.17) is 5.73 Å². The highest BCUT2D eigenvalue weighted by molar-refractivity contribution is 7.09. The zero-order valence-electron chi connectivity index (χ0n) is 5.35. The van der Waals surface area contributed by atoms with Crippen LogP contribution in [0, 0.1) is 6.92 Å². The normalized spacial score (nSPS) is 10.0. The highest BCUT2D eigenvalue weighted by Crippen LogP contribution is 2.07. The van der Waals surface area contributed by atoms with Crippen molar-refractivity contribution in [1.29, 1.82) is 0 Å². The molecule has 0 saturated carbocycles. The first-order valence-electron chi connectivity index (χ1n) is 2.88. The molecule has 3 heteroatoms. The number of nitrogens with zero attached hydrogens (tertiary/aromatic N) is 1. The summed E-state index contributed by atoms with van der Waals surface area (Å²) in [7, 11) is 0. The molecular weight excluding hydrogens is 132 g/mol. The number of thiazole rings is 1. The van der Waals surface area contributed by atoms with Crippen LogP contribution in [0.15, 0.2) is 5.38 Å². The van der Waals surface area contributed by atoms with Crippen molar-refractivity contribution in [1.82, 2.24) is 10.7 Å². The first-order chi connectivity index (χ1) is 4.33. The quantitative estimate of drug-likeness (QED) is 0.611. The van der Waals surface area contributed by atoms with Gasteiger partial charge in [-0.2, -0.15) is 0 Å². The van der Waals surface area contributed by atoms with Crippen LogP contribution in [0.5, 0.6) is 0 Å². The third kappa shape index (κ3) is 1.77. The highest BCUT2D eigenvalue weighted by atomic mass is 32.1. The molecule has 0 unspecified atom stereocenters. The van der Waals surface area contributed by atoms with E-state index >= 15 is 0 Å². The van der Waals surface area contributed by atoms with Gasteiger partial charge in [0.25, 0.3) is 0 Å². The monoisotopic (exact) mass is 141 g/mol. The Morgan fingerprint density at radius 3 is 3.00 bits per heavy atom. The minimum atomic E-state index is 0.448. The maximum atomic E-state index is 6.91. The highest BCUT2D eigenvalue weighted by Gasteiger charge is 1.94. The fourth-order valence-electron chi connectivity index (χ4n) is 0.651. The van der Waals surface area contributed by atoms with Gasteiger partial charge in [0.05, 0.1) is 10.7 Å². The summed E-state index contributed by atoms with van der Waals surface area (Å²) in [6.07, 6.45) is 0.796. The Hall–Kier alpha value is -0.410. The van der Waals surface area contributed by atoms with Crippen LogP contribution in [0.3, 0.4) is 0 Å². The molecule has 0 fully saturated rings. The number of aromatic nitrogens is 1. The molecule has 1 aromatic heterocycles. The van der Waals surface area contributed by atoms with E-state index in [1.807, 2.05) is 12.3 Å². The van der Waals surface area contributed by atoms with Crippen molar-refractivity contribution in [2.24, 2.45) is 0 Å². The van der Waals surface area contributed by atoms with Gasteiger partial charge in [-0.1, -0.05) is 0 Å². The van der Waals surface area contributed by atoms with E-state index in [2.05, 4.69) is 4.98 Å². The van der Waals surface area contributed by atoms with Gasteiger partial charge in [0, 0.05) is 18.3 Å². The summed E-state index contributed by atoms with van der Waals surface area (Å²) in [5.41, 5.74) is 7.98. The van der Waals surface area contributed by atoms with Crippen molar-refractivity contribution in [3.05, 3.63) is 16.1 Å². The lowest BCUT2D eigenvalue weighted by Gasteiger charge is -1.85. The summed E-state index contributed by atoms with van der Waals surface area (Å²) >= 11 is 1.65. The molecule has 0 atom stereocenters. The number of nitrogens with one attached hydrogen (secondary N) is 1. The summed E-state index contributed by atoms with van der Waals surface area (Å²) in [4.78, 5) is 4.20. The Morgan fingerprint density at radius 2 is 2.56 bits per heavy atom. The van der Waals surface area contributed by atoms with E-state index in [1.54, 1.807) is 11.3 Å². The third-order valence-corrected chi connectivity index (χ3v) is 1.87. The van der Waals surface area contributed by atoms with E-state index in [-0.39, 0.29) is 0 Å². The number of hydrogen-bond acceptors (Lipinski definition) is 2. The van der Waals surface area contributed by atoms with Crippen molar-refractivity contribution in [3.8, 4) is 0 Å². The van der Waals surface area contributed by atoms with E-state index in [1.165, 1.54) is 0 Å². The summed E-state index contributed by atoms with van der Waals surface area (Å²) in [6.45, 7) is 2.43. The minimum Gasteiger partial charge on any atom is -0.257 e. The SMILES string of the molecule is Cc1nc(CC[NH])cs1. The number of hydrogen-bond donors (Lipinski definition) is 0. The molecule has 0 spiro atoms. The summed E-state index contributed by atoms with van der Waals surface area (Å²) in [6, 6.07) is 0. The van der Waals surface area contributed by atoms with Gasteiger partial charge in [-0.05, 0) is 6.92 Å². The molecule has 1 rings (SSSR count). The van der Waals surface area contributed by atoms with E-state index in [9.17, 15) is 0 Å². The molecule has 0 aliphatic carbocycles. The van der Waals surface area contributed by atoms with Crippen LogP contribution in [-0.2, 0) is 6.42 Å². The molecule has 49 valence electrons. The van der Waals surface area contributed by atoms with Crippen molar-refractivity contribution in [2.75, 3.05) is 6.54 Å². The number of rotatable bonds is 2. The summed E-state index contributed by atoms with van der Waals surface area (Å²) in [5.74, 6) is 0. The van der Waals surface area contributed by atoms with E-state index in [0.29, 0.717) is 6.54 Å². The van der Waals surface area contributed by atoms with Gasteiger partial charge in [-0.3, -0.25) is 5.73 Å². The maximum absolute atomic E-state index is 6.91. The Balaban J connectivity index is 2.61. The third-order valence-electron chi connectivity index (χ3n) is 1.05. The van der Waals surface area contributed by atoms with Gasteiger partial charge < -0.3 is 0 Å². The van der Waals surface area contributed by atoms with Crippen molar-refractivity contribution >= 4 is 11.3 Å². The van der Waals surface area contributed by atoms with Crippen LogP contribution in [-0.4, -0.2) is 11.5 Å². The zero-order valence-corrected chi connectivity index (χ0v) is 6.16. The lowest BCUT2D eigenvalue weighted by atomic mass is 10.3. The fraction of sp³-hybridized carbons (Fsp3) is 0.500. The predicted molar refractivity (Wildman–Crippen MR) is 38.5 cm³/mol. The van der Waals surface area contributed by atoms with Gasteiger partial charge in [0.2, 0.25) is 0 Å². The lowest BCUT2D eigenvalue weighted by molar-refractivity contribution is 0.907. The van der Waals surface area contributed by atoms with E-state index in [0.717, 1.165) is 17.1 Å². The van der Waals surface area contributed by atoms with Crippen LogP contribution in [0.4, 0.5) is 0 Å². The Morgan fingerprint density at radius 1 is 1.78 bits per heavy atom. The Bertz CT molecular complexity index is 183. The second-order valence-corrected chi connectivity index (χ2v) is 2.92. The molecule has 0 aromatic carbocycles. The van der Waals surface area contributed by atoms with Crippen molar-refractivity contribution < 1.29 is 0 Å². The topological polar surface area (TPSA) is 36.7 Å². The first-order valence-corrected chi connectivity index (χ1v) is 3.76. The average Bonchev–Trinajstić information content (AvgIpc) is 2.17. The molecule has 0 aliphatic heterocycles. The molecule has 2 nitrogen and oxygen atoms in total. The first kappa shape index (κ1) is 6.71. The smallest absolute Gasteiger partial charge is 0.0897 e. The van der Waals surface area contributed by atoms with Crippen molar-refractivity contribution in [2.45, 2.75) is 13.3 Å². The zero-order chi connectivity index (χ0) is 6.69. The van der Waals surface area contributed by atoms with Crippen LogP contribution in [0.2, 0.25) is 0 Å². The molecule has 0 bridgehead atoms. The average molecular weight is 141 g/mol. The molecular formula is C6H9N2S. The molecule has 0 saturated heterocycles. The Kier molecular flexibility index (Phi) is 2.19. The predicted octanol–water partition coefficient (Wildman–Crippen LogP) is 1.28. The molecule has 0 amide bonds. The molecule has 1 aromatic rings. The summed E-state index contributed by atoms with van der Waals surface area (Å²) < 4.78 is 0. The van der Waals surface area contributed by atoms with Crippen LogP contribution in [0.1, 0.15) is 10.7 Å². The van der Waals surface area contributed by atoms with Gasteiger partial charge in [0.1, 0.15) is 0 Å². The molecule has 9 heavy (non-hydrogen) atoms. The van der Waals surface area contributed by atoms with Gasteiger partial charge >= 0.3 is 0 Å². The molecule has 0 aliphatic rings. The van der Waals surface area contributed by atoms with Crippen LogP contribution >= 0.6 is 11.3 Å².